The largest absolute Gasteiger partial charge is 0.472 e. The molecule has 3 N–H and O–H groups in total. The van der Waals surface area contributed by atoms with Gasteiger partial charge in [0.25, 0.3) is 0 Å². The van der Waals surface area contributed by atoms with Crippen molar-refractivity contribution in [3.05, 3.63) is 0 Å². The summed E-state index contributed by atoms with van der Waals surface area (Å²) in [4.78, 5) is 73.3. The van der Waals surface area contributed by atoms with Gasteiger partial charge in [0.15, 0.2) is 12.2 Å². The van der Waals surface area contributed by atoms with Crippen molar-refractivity contribution in [2.24, 2.45) is 5.92 Å². The van der Waals surface area contributed by atoms with Crippen LogP contribution in [0, 0.1) is 5.92 Å². The molecule has 19 heteroatoms. The molecule has 0 rings (SSSR count). The van der Waals surface area contributed by atoms with Crippen molar-refractivity contribution in [1.82, 2.24) is 0 Å². The van der Waals surface area contributed by atoms with Gasteiger partial charge in [-0.3, -0.25) is 37.3 Å². The highest BCUT2D eigenvalue weighted by molar-refractivity contribution is 7.47. The number of esters is 4. The maximum Gasteiger partial charge on any atom is 0.472 e. The molecule has 0 aliphatic rings. The van der Waals surface area contributed by atoms with Crippen molar-refractivity contribution in [1.29, 1.82) is 0 Å². The van der Waals surface area contributed by atoms with Gasteiger partial charge in [0, 0.05) is 25.7 Å². The van der Waals surface area contributed by atoms with Crippen molar-refractivity contribution in [2.75, 3.05) is 39.6 Å². The van der Waals surface area contributed by atoms with E-state index in [4.69, 9.17) is 37.0 Å². The van der Waals surface area contributed by atoms with Gasteiger partial charge in [-0.25, -0.2) is 9.13 Å². The fourth-order valence-corrected chi connectivity index (χ4v) is 15.1. The molecule has 17 nitrogen and oxygen atoms in total. The Kier molecular flexibility index (Phi) is 77.3. The van der Waals surface area contributed by atoms with E-state index in [1.54, 1.807) is 0 Å². The molecule has 624 valence electrons. The molecule has 0 bridgehead atoms. The Morgan fingerprint density at radius 1 is 0.257 bits per heavy atom. The van der Waals surface area contributed by atoms with Crippen LogP contribution in [0.5, 0.6) is 0 Å². The molecule has 0 aromatic rings. The molecule has 2 unspecified atom stereocenters. The number of carbonyl (C=O) groups excluding carboxylic acids is 4. The fourth-order valence-electron chi connectivity index (χ4n) is 13.5. The van der Waals surface area contributed by atoms with Gasteiger partial charge in [-0.15, -0.1) is 0 Å². The van der Waals surface area contributed by atoms with Crippen molar-refractivity contribution < 1.29 is 80.2 Å². The standard InChI is InChI=1S/C86H168O17P2/c1-6-9-12-15-18-21-24-27-29-31-32-33-35-37-40-46-51-56-61-66-71-85(90)102-81(76-97-84(89)70-65-60-55-50-45-39-36-34-30-28-25-22-19-16-13-10-7-2)77-100-104(92,93)98-73-80(87)74-99-105(94,95)101-78-82(75-96-83(88)69-64-59-54-49-44-38-26-23-20-17-14-11-8-3)103-86(91)72-67-62-57-52-47-42-41-43-48-53-58-63-68-79(4)5/h79-82,87H,6-78H2,1-5H3,(H,92,93)(H,94,95)/t80-,81-,82-/m1/s1. The van der Waals surface area contributed by atoms with E-state index in [0.717, 1.165) is 95.8 Å². The highest BCUT2D eigenvalue weighted by Crippen LogP contribution is 2.45. The first-order valence-electron chi connectivity index (χ1n) is 44.6. The predicted octanol–water partition coefficient (Wildman–Crippen LogP) is 26.4. The number of hydrogen-bond acceptors (Lipinski definition) is 15. The summed E-state index contributed by atoms with van der Waals surface area (Å²) >= 11 is 0. The molecule has 0 aromatic carbocycles. The van der Waals surface area contributed by atoms with E-state index < -0.39 is 97.5 Å². The summed E-state index contributed by atoms with van der Waals surface area (Å²) < 4.78 is 68.9. The number of aliphatic hydroxyl groups excluding tert-OH is 1. The number of rotatable bonds is 86. The second-order valence-electron chi connectivity index (χ2n) is 31.4. The van der Waals surface area contributed by atoms with Gasteiger partial charge in [0.05, 0.1) is 26.4 Å². The molecule has 0 aliphatic carbocycles. The van der Waals surface area contributed by atoms with Crippen LogP contribution in [0.1, 0.15) is 465 Å². The van der Waals surface area contributed by atoms with E-state index in [-0.39, 0.29) is 25.7 Å². The van der Waals surface area contributed by atoms with Crippen LogP contribution >= 0.6 is 15.6 Å². The SMILES string of the molecule is CCCCCCCCCCCCCCCCCCCCCCC(=O)O[C@H](COC(=O)CCCCCCCCCCCCCCCCCCC)COP(=O)(O)OC[C@@H](O)COP(=O)(O)OC[C@@H](COC(=O)CCCCCCCCCCCCCCC)OC(=O)CCCCCCCCCCCCCCC(C)C. The van der Waals surface area contributed by atoms with Gasteiger partial charge in [0.1, 0.15) is 19.3 Å². The zero-order valence-corrected chi connectivity index (χ0v) is 70.7. The van der Waals surface area contributed by atoms with Crippen LogP contribution in [0.15, 0.2) is 0 Å². The fraction of sp³-hybridized carbons (Fsp3) is 0.953. The lowest BCUT2D eigenvalue weighted by molar-refractivity contribution is -0.161. The number of unbranched alkanes of at least 4 members (excludes halogenated alkanes) is 58. The van der Waals surface area contributed by atoms with E-state index in [0.29, 0.717) is 25.7 Å². The van der Waals surface area contributed by atoms with Crippen molar-refractivity contribution in [3.63, 3.8) is 0 Å². The zero-order valence-electron chi connectivity index (χ0n) is 68.9. The second-order valence-corrected chi connectivity index (χ2v) is 34.3. The van der Waals surface area contributed by atoms with E-state index in [1.807, 2.05) is 0 Å². The normalized spacial score (nSPS) is 13.8. The van der Waals surface area contributed by atoms with Crippen LogP contribution in [-0.2, 0) is 65.4 Å². The minimum absolute atomic E-state index is 0.108. The summed E-state index contributed by atoms with van der Waals surface area (Å²) in [5.74, 6) is -1.32. The smallest absolute Gasteiger partial charge is 0.462 e. The third-order valence-corrected chi connectivity index (χ3v) is 22.2. The Labute approximate surface area is 645 Å². The Balaban J connectivity index is 5.26. The number of phosphoric acid groups is 2. The number of phosphoric ester groups is 2. The molecule has 0 heterocycles. The predicted molar refractivity (Wildman–Crippen MR) is 432 cm³/mol. The van der Waals surface area contributed by atoms with Crippen molar-refractivity contribution in [3.8, 4) is 0 Å². The second kappa shape index (κ2) is 78.7. The molecule has 0 aromatic heterocycles. The third-order valence-electron chi connectivity index (χ3n) is 20.3. The topological polar surface area (TPSA) is 237 Å². The summed E-state index contributed by atoms with van der Waals surface area (Å²) in [6.45, 7) is 7.38. The van der Waals surface area contributed by atoms with Gasteiger partial charge in [-0.1, -0.05) is 413 Å². The first-order chi connectivity index (χ1) is 51.0. The Bertz CT molecular complexity index is 2000. The zero-order chi connectivity index (χ0) is 76.9. The maximum absolute atomic E-state index is 13.1. The summed E-state index contributed by atoms with van der Waals surface area (Å²) in [6.07, 6.45) is 72.1. The van der Waals surface area contributed by atoms with Crippen LogP contribution in [-0.4, -0.2) is 96.7 Å². The molecular weight excluding hydrogens is 1370 g/mol. The monoisotopic (exact) mass is 1540 g/mol. The van der Waals surface area contributed by atoms with Crippen molar-refractivity contribution >= 4 is 39.5 Å². The van der Waals surface area contributed by atoms with Gasteiger partial charge in [0.2, 0.25) is 0 Å². The molecule has 105 heavy (non-hydrogen) atoms. The van der Waals surface area contributed by atoms with Gasteiger partial charge in [-0.2, -0.15) is 0 Å². The highest BCUT2D eigenvalue weighted by Gasteiger charge is 2.30. The molecule has 0 amide bonds. The Morgan fingerprint density at radius 3 is 0.648 bits per heavy atom. The summed E-state index contributed by atoms with van der Waals surface area (Å²) in [7, 11) is -9.93. The average molecular weight is 1540 g/mol. The van der Waals surface area contributed by atoms with E-state index in [2.05, 4.69) is 34.6 Å². The molecular formula is C86H168O17P2. The maximum atomic E-state index is 13.1. The number of ether oxygens (including phenoxy) is 4. The molecule has 0 saturated carbocycles. The third kappa shape index (κ3) is 79.9. The molecule has 0 spiro atoms. The quantitative estimate of drug-likeness (QED) is 0.0222. The lowest BCUT2D eigenvalue weighted by Crippen LogP contribution is -2.30. The van der Waals surface area contributed by atoms with E-state index >= 15 is 0 Å². The molecule has 5 atom stereocenters. The molecule has 0 radical (unpaired) electrons. The average Bonchev–Trinajstić information content (AvgIpc) is 0.910. The summed E-state index contributed by atoms with van der Waals surface area (Å²) in [6, 6.07) is 0. The number of hydrogen-bond donors (Lipinski definition) is 3. The first kappa shape index (κ1) is 103. The number of carbonyl (C=O) groups is 4. The van der Waals surface area contributed by atoms with Gasteiger partial charge < -0.3 is 33.8 Å². The molecule has 0 saturated heterocycles. The minimum Gasteiger partial charge on any atom is -0.462 e. The Hall–Kier alpha value is -1.94. The lowest BCUT2D eigenvalue weighted by Gasteiger charge is -2.21. The first-order valence-corrected chi connectivity index (χ1v) is 47.6. The van der Waals surface area contributed by atoms with Gasteiger partial charge >= 0.3 is 39.5 Å². The molecule has 0 aliphatic heterocycles. The van der Waals surface area contributed by atoms with E-state index in [9.17, 15) is 43.2 Å². The Morgan fingerprint density at radius 2 is 0.438 bits per heavy atom. The van der Waals surface area contributed by atoms with Crippen LogP contribution in [0.2, 0.25) is 0 Å². The van der Waals surface area contributed by atoms with E-state index in [1.165, 1.54) is 289 Å². The van der Waals surface area contributed by atoms with Crippen LogP contribution in [0.4, 0.5) is 0 Å². The minimum atomic E-state index is -4.97. The van der Waals surface area contributed by atoms with Crippen LogP contribution < -0.4 is 0 Å². The lowest BCUT2D eigenvalue weighted by atomic mass is 10.0. The molecule has 0 fully saturated rings. The summed E-state index contributed by atoms with van der Waals surface area (Å²) in [5, 5.41) is 10.7. The van der Waals surface area contributed by atoms with Crippen LogP contribution in [0.3, 0.4) is 0 Å². The highest BCUT2D eigenvalue weighted by atomic mass is 31.2. The van der Waals surface area contributed by atoms with Crippen molar-refractivity contribution in [2.45, 2.75) is 483 Å². The van der Waals surface area contributed by atoms with Crippen LogP contribution in [0.25, 0.3) is 0 Å². The summed E-state index contributed by atoms with van der Waals surface area (Å²) in [5.41, 5.74) is 0. The number of aliphatic hydroxyl groups is 1. The van der Waals surface area contributed by atoms with Gasteiger partial charge in [-0.05, 0) is 31.6 Å².